The number of ether oxygens (including phenoxy) is 3. The molecule has 196 valence electrons. The molecule has 0 aliphatic carbocycles. The van der Waals surface area contributed by atoms with Crippen molar-refractivity contribution < 1.29 is 19.1 Å². The summed E-state index contributed by atoms with van der Waals surface area (Å²) in [6.07, 6.45) is 2.59. The number of rotatable bonds is 7. The minimum atomic E-state index is -0.549. The van der Waals surface area contributed by atoms with Crippen molar-refractivity contribution >= 4 is 38.7 Å². The summed E-state index contributed by atoms with van der Waals surface area (Å²) < 4.78 is 18.9. The Balaban J connectivity index is 1.77. The Bertz CT molecular complexity index is 1580. The number of hydrogen-bond acceptors (Lipinski definition) is 9. The first-order valence-corrected chi connectivity index (χ1v) is 12.1. The second-order valence-corrected chi connectivity index (χ2v) is 10.1. The Morgan fingerprint density at radius 3 is 2.32 bits per heavy atom. The van der Waals surface area contributed by atoms with Gasteiger partial charge >= 0.3 is 0 Å². The number of nitro groups is 1. The van der Waals surface area contributed by atoms with Gasteiger partial charge in [0.2, 0.25) is 11.6 Å². The van der Waals surface area contributed by atoms with Crippen LogP contribution in [0.5, 0.6) is 23.1 Å². The maximum atomic E-state index is 13.4. The molecule has 38 heavy (non-hydrogen) atoms. The van der Waals surface area contributed by atoms with Gasteiger partial charge in [0.1, 0.15) is 12.0 Å². The number of hydrogen-bond donors (Lipinski definition) is 0. The molecule has 2 aromatic carbocycles. The lowest BCUT2D eigenvalue weighted by atomic mass is 9.95. The van der Waals surface area contributed by atoms with Gasteiger partial charge in [0.25, 0.3) is 11.2 Å². The van der Waals surface area contributed by atoms with Crippen LogP contribution in [-0.4, -0.2) is 40.0 Å². The molecule has 0 saturated heterocycles. The minimum Gasteiger partial charge on any atom is -0.493 e. The van der Waals surface area contributed by atoms with E-state index < -0.39 is 10.3 Å². The van der Waals surface area contributed by atoms with Gasteiger partial charge in [0.15, 0.2) is 11.5 Å². The van der Waals surface area contributed by atoms with Crippen molar-refractivity contribution in [2.45, 2.75) is 26.2 Å². The van der Waals surface area contributed by atoms with Gasteiger partial charge in [-0.2, -0.15) is 9.78 Å². The fraction of sp³-hybridized carbons (Fsp3) is 0.231. The molecular weight excluding hydrogens is 558 g/mol. The van der Waals surface area contributed by atoms with Crippen LogP contribution in [0.1, 0.15) is 32.2 Å². The number of aromatic nitrogens is 3. The molecule has 12 heteroatoms. The third-order valence-corrected chi connectivity index (χ3v) is 5.92. The third kappa shape index (κ3) is 5.49. The summed E-state index contributed by atoms with van der Waals surface area (Å²) in [5.41, 5.74) is 0.203. The summed E-state index contributed by atoms with van der Waals surface area (Å²) in [4.78, 5) is 32.4. The number of nitrogens with zero attached hydrogens (tertiary/aromatic N) is 5. The summed E-state index contributed by atoms with van der Waals surface area (Å²) in [6, 6.07) is 11.3. The maximum Gasteiger partial charge on any atom is 0.287 e. The van der Waals surface area contributed by atoms with E-state index in [4.69, 9.17) is 19.2 Å². The number of halogens is 1. The van der Waals surface area contributed by atoms with E-state index >= 15 is 0 Å². The summed E-state index contributed by atoms with van der Waals surface area (Å²) in [5, 5.41) is 15.8. The normalized spacial score (nSPS) is 11.6. The summed E-state index contributed by atoms with van der Waals surface area (Å²) >= 11 is 3.41. The Morgan fingerprint density at radius 2 is 1.76 bits per heavy atom. The van der Waals surface area contributed by atoms with Crippen LogP contribution in [0.15, 0.2) is 63.0 Å². The summed E-state index contributed by atoms with van der Waals surface area (Å²) in [5.74, 6) is 1.43. The molecular formula is C26H24BrN5O6. The molecule has 0 N–H and O–H groups in total. The van der Waals surface area contributed by atoms with Crippen molar-refractivity contribution in [2.24, 2.45) is 5.10 Å². The lowest BCUT2D eigenvalue weighted by molar-refractivity contribution is -0.385. The SMILES string of the molecule is COc1cc(C=Nn2c(C(C)(C)C)nc3ccc(Br)cc3c2=O)cc(OC)c1Oc1ccc([N+](=O)[O-])cn1. The zero-order valence-electron chi connectivity index (χ0n) is 21.3. The second kappa shape index (κ2) is 10.6. The Kier molecular flexibility index (Phi) is 7.44. The zero-order chi connectivity index (χ0) is 27.6. The van der Waals surface area contributed by atoms with Gasteiger partial charge in [-0.1, -0.05) is 36.7 Å². The van der Waals surface area contributed by atoms with Crippen LogP contribution < -0.4 is 19.8 Å². The highest BCUT2D eigenvalue weighted by atomic mass is 79.9. The highest BCUT2D eigenvalue weighted by molar-refractivity contribution is 9.10. The van der Waals surface area contributed by atoms with E-state index in [1.54, 1.807) is 24.3 Å². The Morgan fingerprint density at radius 1 is 1.08 bits per heavy atom. The topological polar surface area (TPSA) is 131 Å². The molecule has 0 atom stereocenters. The number of fused-ring (bicyclic) bond motifs is 1. The van der Waals surface area contributed by atoms with Crippen molar-refractivity contribution in [3.63, 3.8) is 0 Å². The lowest BCUT2D eigenvalue weighted by Crippen LogP contribution is -2.29. The van der Waals surface area contributed by atoms with Crippen LogP contribution in [0.25, 0.3) is 10.9 Å². The summed E-state index contributed by atoms with van der Waals surface area (Å²) in [7, 11) is 2.91. The quantitative estimate of drug-likeness (QED) is 0.160. The molecule has 0 radical (unpaired) electrons. The van der Waals surface area contributed by atoms with Crippen LogP contribution in [0.2, 0.25) is 0 Å². The van der Waals surface area contributed by atoms with Gasteiger partial charge in [-0.3, -0.25) is 14.9 Å². The van der Waals surface area contributed by atoms with Crippen LogP contribution >= 0.6 is 15.9 Å². The number of pyridine rings is 1. The molecule has 11 nitrogen and oxygen atoms in total. The van der Waals surface area contributed by atoms with E-state index in [0.717, 1.165) is 10.7 Å². The molecule has 0 aliphatic rings. The molecule has 0 unspecified atom stereocenters. The van der Waals surface area contributed by atoms with Crippen LogP contribution in [0, 0.1) is 10.1 Å². The van der Waals surface area contributed by atoms with E-state index in [2.05, 4.69) is 26.0 Å². The second-order valence-electron chi connectivity index (χ2n) is 9.18. The predicted molar refractivity (Wildman–Crippen MR) is 146 cm³/mol. The van der Waals surface area contributed by atoms with Gasteiger partial charge in [0, 0.05) is 27.6 Å². The van der Waals surface area contributed by atoms with Gasteiger partial charge in [0.05, 0.1) is 36.3 Å². The minimum absolute atomic E-state index is 0.114. The molecule has 0 aliphatic heterocycles. The standard InChI is InChI=1S/C26H24BrN5O6/c1-26(2,3)25-30-19-8-6-16(27)12-18(19)24(33)31(25)29-13-15-10-20(36-4)23(21(11-15)37-5)38-22-9-7-17(14-28-22)32(34)35/h6-14H,1-5H3. The van der Waals surface area contributed by atoms with E-state index in [9.17, 15) is 14.9 Å². The van der Waals surface area contributed by atoms with E-state index in [1.807, 2.05) is 26.8 Å². The van der Waals surface area contributed by atoms with Gasteiger partial charge in [-0.05, 0) is 30.3 Å². The third-order valence-electron chi connectivity index (χ3n) is 5.42. The zero-order valence-corrected chi connectivity index (χ0v) is 22.8. The van der Waals surface area contributed by atoms with Gasteiger partial charge in [-0.15, -0.1) is 0 Å². The van der Waals surface area contributed by atoms with Crippen molar-refractivity contribution in [2.75, 3.05) is 14.2 Å². The average Bonchev–Trinajstić information content (AvgIpc) is 2.88. The first-order chi connectivity index (χ1) is 18.0. The maximum absolute atomic E-state index is 13.4. The molecule has 4 aromatic rings. The van der Waals surface area contributed by atoms with Crippen molar-refractivity contribution in [3.05, 3.63) is 85.0 Å². The highest BCUT2D eigenvalue weighted by Gasteiger charge is 2.23. The van der Waals surface area contributed by atoms with Crippen LogP contribution in [0.4, 0.5) is 5.69 Å². The molecule has 4 rings (SSSR count). The van der Waals surface area contributed by atoms with Crippen LogP contribution in [-0.2, 0) is 5.41 Å². The molecule has 2 heterocycles. The van der Waals surface area contributed by atoms with Crippen molar-refractivity contribution in [3.8, 4) is 23.1 Å². The van der Waals surface area contributed by atoms with Crippen molar-refractivity contribution in [1.82, 2.24) is 14.6 Å². The monoisotopic (exact) mass is 581 g/mol. The first-order valence-electron chi connectivity index (χ1n) is 11.3. The average molecular weight is 582 g/mol. The molecule has 0 bridgehead atoms. The van der Waals surface area contributed by atoms with Gasteiger partial charge < -0.3 is 14.2 Å². The first kappa shape index (κ1) is 26.7. The number of benzene rings is 2. The Labute approximate surface area is 226 Å². The molecule has 0 amide bonds. The fourth-order valence-electron chi connectivity index (χ4n) is 3.59. The molecule has 0 spiro atoms. The molecule has 0 saturated carbocycles. The molecule has 0 fully saturated rings. The highest BCUT2D eigenvalue weighted by Crippen LogP contribution is 2.40. The van der Waals surface area contributed by atoms with E-state index in [0.29, 0.717) is 33.8 Å². The largest absolute Gasteiger partial charge is 0.493 e. The van der Waals surface area contributed by atoms with E-state index in [1.165, 1.54) is 37.2 Å². The van der Waals surface area contributed by atoms with E-state index in [-0.39, 0.29) is 22.9 Å². The van der Waals surface area contributed by atoms with Crippen molar-refractivity contribution in [1.29, 1.82) is 0 Å². The molecule has 2 aromatic heterocycles. The Hall–Kier alpha value is -4.32. The van der Waals surface area contributed by atoms with Gasteiger partial charge in [-0.25, -0.2) is 9.97 Å². The fourth-order valence-corrected chi connectivity index (χ4v) is 3.95. The lowest BCUT2D eigenvalue weighted by Gasteiger charge is -2.21. The predicted octanol–water partition coefficient (Wildman–Crippen LogP) is 5.45. The number of methoxy groups -OCH3 is 2. The smallest absolute Gasteiger partial charge is 0.287 e. The summed E-state index contributed by atoms with van der Waals surface area (Å²) in [6.45, 7) is 5.86. The van der Waals surface area contributed by atoms with Crippen LogP contribution in [0.3, 0.4) is 0 Å².